The molecular weight excluding hydrogens is 401 g/mol. The first-order chi connectivity index (χ1) is 9.63. The lowest BCUT2D eigenvalue weighted by Crippen LogP contribution is -2.04. The van der Waals surface area contributed by atoms with Gasteiger partial charge < -0.3 is 5.73 Å². The third-order valence-electron chi connectivity index (χ3n) is 2.73. The van der Waals surface area contributed by atoms with Gasteiger partial charge in [-0.25, -0.2) is 4.99 Å². The molecule has 0 bridgehead atoms. The third-order valence-corrected chi connectivity index (χ3v) is 3.24. The van der Waals surface area contributed by atoms with Crippen LogP contribution in [0.4, 0.5) is 11.4 Å². The molecule has 21 heavy (non-hydrogen) atoms. The number of hydrogen-bond acceptors (Lipinski definition) is 4. The number of para-hydroxylation sites is 2. The van der Waals surface area contributed by atoms with Crippen molar-refractivity contribution in [2.24, 2.45) is 10.7 Å². The topological polar surface area (TPSA) is 81.5 Å². The largest absolute Gasteiger partial charge is 0.378 e. The van der Waals surface area contributed by atoms with E-state index < -0.39 is 4.92 Å². The van der Waals surface area contributed by atoms with Gasteiger partial charge in [-0.2, -0.15) is 0 Å². The highest BCUT2D eigenvalue weighted by atomic mass is 127. The number of nitro groups is 1. The Bertz CT molecular complexity index is 677. The van der Waals surface area contributed by atoms with Gasteiger partial charge in [-0.15, -0.1) is 24.0 Å². The maximum atomic E-state index is 11.1. The van der Waals surface area contributed by atoms with Crippen LogP contribution in [-0.4, -0.2) is 16.3 Å². The van der Waals surface area contributed by atoms with Crippen LogP contribution in [0.25, 0.3) is 11.1 Å². The summed E-state index contributed by atoms with van der Waals surface area (Å²) in [4.78, 5) is 15.0. The quantitative estimate of drug-likeness (QED) is 0.268. The minimum Gasteiger partial charge on any atom is -0.378 e. The average molecular weight is 415 g/mol. The van der Waals surface area contributed by atoms with Crippen molar-refractivity contribution in [3.8, 4) is 11.1 Å². The van der Waals surface area contributed by atoms with Crippen LogP contribution in [0.3, 0.4) is 0 Å². The second kappa shape index (κ2) is 7.99. The number of benzene rings is 2. The van der Waals surface area contributed by atoms with E-state index in [1.807, 2.05) is 18.4 Å². The van der Waals surface area contributed by atoms with Crippen LogP contribution >= 0.6 is 35.7 Å². The van der Waals surface area contributed by atoms with Gasteiger partial charge in [-0.3, -0.25) is 10.1 Å². The molecule has 0 spiro atoms. The summed E-state index contributed by atoms with van der Waals surface area (Å²) in [5.41, 5.74) is 7.63. The Morgan fingerprint density at radius 1 is 1.14 bits per heavy atom. The molecule has 0 unspecified atom stereocenters. The lowest BCUT2D eigenvalue weighted by molar-refractivity contribution is -0.384. The average Bonchev–Trinajstić information content (AvgIpc) is 2.47. The lowest BCUT2D eigenvalue weighted by Gasteiger charge is -2.07. The maximum absolute atomic E-state index is 11.1. The Kier molecular flexibility index (Phi) is 6.63. The molecule has 0 amide bonds. The van der Waals surface area contributed by atoms with Crippen LogP contribution in [0.2, 0.25) is 0 Å². The number of nitro benzene ring substituents is 1. The van der Waals surface area contributed by atoms with Crippen molar-refractivity contribution < 1.29 is 4.92 Å². The van der Waals surface area contributed by atoms with E-state index >= 15 is 0 Å². The monoisotopic (exact) mass is 415 g/mol. The molecule has 0 saturated heterocycles. The summed E-state index contributed by atoms with van der Waals surface area (Å²) >= 11 is 1.33. The van der Waals surface area contributed by atoms with E-state index in [1.54, 1.807) is 30.3 Å². The third kappa shape index (κ3) is 4.18. The van der Waals surface area contributed by atoms with E-state index in [-0.39, 0.29) is 29.7 Å². The summed E-state index contributed by atoms with van der Waals surface area (Å²) in [7, 11) is 0. The smallest absolute Gasteiger partial charge is 0.277 e. The first-order valence-corrected chi connectivity index (χ1v) is 7.07. The highest BCUT2D eigenvalue weighted by Crippen LogP contribution is 2.36. The lowest BCUT2D eigenvalue weighted by atomic mass is 10.0. The zero-order chi connectivity index (χ0) is 14.5. The molecule has 0 aliphatic carbocycles. The number of rotatable bonds is 3. The molecule has 0 aliphatic heterocycles. The molecule has 2 rings (SSSR count). The normalized spacial score (nSPS) is 10.8. The minimum atomic E-state index is -0.395. The van der Waals surface area contributed by atoms with Crippen molar-refractivity contribution >= 4 is 52.3 Å². The Morgan fingerprint density at radius 3 is 2.33 bits per heavy atom. The zero-order valence-corrected chi connectivity index (χ0v) is 14.4. The molecule has 0 aliphatic rings. The van der Waals surface area contributed by atoms with Crippen LogP contribution in [-0.2, 0) is 0 Å². The van der Waals surface area contributed by atoms with Gasteiger partial charge in [-0.05, 0) is 18.4 Å². The van der Waals surface area contributed by atoms with Crippen molar-refractivity contribution in [2.75, 3.05) is 6.26 Å². The molecular formula is C14H14IN3O2S. The Labute approximate surface area is 143 Å². The SMILES string of the molecule is CSC(N)=Nc1ccccc1-c1ccccc1[N+](=O)[O-].I. The second-order valence-corrected chi connectivity index (χ2v) is 4.77. The summed E-state index contributed by atoms with van der Waals surface area (Å²) in [5.74, 6) is 0. The molecule has 2 aromatic carbocycles. The molecule has 0 saturated carbocycles. The summed E-state index contributed by atoms with van der Waals surface area (Å²) in [5, 5.41) is 11.5. The van der Waals surface area contributed by atoms with Gasteiger partial charge in [0, 0.05) is 11.6 Å². The van der Waals surface area contributed by atoms with E-state index in [9.17, 15) is 10.1 Å². The van der Waals surface area contributed by atoms with Crippen molar-refractivity contribution in [3.63, 3.8) is 0 Å². The Balaban J connectivity index is 0.00000220. The molecule has 0 fully saturated rings. The first kappa shape index (κ1) is 17.4. The fourth-order valence-electron chi connectivity index (χ4n) is 1.82. The van der Waals surface area contributed by atoms with Crippen LogP contribution in [0.5, 0.6) is 0 Å². The number of hydrogen-bond donors (Lipinski definition) is 1. The maximum Gasteiger partial charge on any atom is 0.277 e. The van der Waals surface area contributed by atoms with Gasteiger partial charge in [-0.1, -0.05) is 42.1 Å². The molecule has 110 valence electrons. The summed E-state index contributed by atoms with van der Waals surface area (Å²) in [6.45, 7) is 0. The Hall–Kier alpha value is -1.61. The summed E-state index contributed by atoms with van der Waals surface area (Å²) in [6, 6.07) is 13.8. The second-order valence-electron chi connectivity index (χ2n) is 3.95. The Morgan fingerprint density at radius 2 is 1.71 bits per heavy atom. The van der Waals surface area contributed by atoms with E-state index in [0.717, 1.165) is 0 Å². The van der Waals surface area contributed by atoms with Crippen molar-refractivity contribution in [3.05, 3.63) is 58.6 Å². The van der Waals surface area contributed by atoms with Crippen LogP contribution in [0.15, 0.2) is 53.5 Å². The molecule has 0 aromatic heterocycles. The molecule has 0 atom stereocenters. The molecule has 0 heterocycles. The standard InChI is InChI=1S/C14H13N3O2S.HI/c1-20-14(15)16-12-8-4-2-6-10(12)11-7-3-5-9-13(11)17(18)19;/h2-9H,1H3,(H2,15,16);1H. The van der Waals surface area contributed by atoms with Crippen LogP contribution < -0.4 is 5.73 Å². The fourth-order valence-corrected chi connectivity index (χ4v) is 2.01. The predicted octanol–water partition coefficient (Wildman–Crippen LogP) is 4.19. The van der Waals surface area contributed by atoms with E-state index in [1.165, 1.54) is 17.8 Å². The van der Waals surface area contributed by atoms with Gasteiger partial charge in [0.1, 0.15) is 0 Å². The first-order valence-electron chi connectivity index (χ1n) is 5.84. The summed E-state index contributed by atoms with van der Waals surface area (Å²) in [6.07, 6.45) is 1.83. The number of halogens is 1. The number of thioether (sulfide) groups is 1. The molecule has 2 N–H and O–H groups in total. The highest BCUT2D eigenvalue weighted by molar-refractivity contribution is 14.0. The van der Waals surface area contributed by atoms with Gasteiger partial charge in [0.05, 0.1) is 16.2 Å². The van der Waals surface area contributed by atoms with Crippen molar-refractivity contribution in [1.29, 1.82) is 0 Å². The van der Waals surface area contributed by atoms with Gasteiger partial charge in [0.15, 0.2) is 5.17 Å². The number of nitrogens with two attached hydrogens (primary N) is 1. The van der Waals surface area contributed by atoms with E-state index in [0.29, 0.717) is 22.0 Å². The van der Waals surface area contributed by atoms with Gasteiger partial charge in [0.2, 0.25) is 0 Å². The van der Waals surface area contributed by atoms with Crippen LogP contribution in [0, 0.1) is 10.1 Å². The number of amidine groups is 1. The zero-order valence-electron chi connectivity index (χ0n) is 11.2. The number of nitrogens with zero attached hydrogens (tertiary/aromatic N) is 2. The van der Waals surface area contributed by atoms with E-state index in [2.05, 4.69) is 4.99 Å². The van der Waals surface area contributed by atoms with Crippen LogP contribution in [0.1, 0.15) is 0 Å². The molecule has 2 aromatic rings. The van der Waals surface area contributed by atoms with Gasteiger partial charge >= 0.3 is 0 Å². The highest BCUT2D eigenvalue weighted by Gasteiger charge is 2.16. The fraction of sp³-hybridized carbons (Fsp3) is 0.0714. The molecule has 7 heteroatoms. The van der Waals surface area contributed by atoms with Crippen molar-refractivity contribution in [2.45, 2.75) is 0 Å². The predicted molar refractivity (Wildman–Crippen MR) is 98.7 cm³/mol. The van der Waals surface area contributed by atoms with Crippen molar-refractivity contribution in [1.82, 2.24) is 0 Å². The van der Waals surface area contributed by atoms with E-state index in [4.69, 9.17) is 5.73 Å². The molecule has 5 nitrogen and oxygen atoms in total. The van der Waals surface area contributed by atoms with Gasteiger partial charge in [0.25, 0.3) is 5.69 Å². The minimum absolute atomic E-state index is 0. The molecule has 0 radical (unpaired) electrons. The number of aliphatic imine (C=N–C) groups is 1. The summed E-state index contributed by atoms with van der Waals surface area (Å²) < 4.78 is 0.